The number of para-hydroxylation sites is 2. The maximum absolute atomic E-state index is 11.1. The first-order chi connectivity index (χ1) is 9.45. The summed E-state index contributed by atoms with van der Waals surface area (Å²) in [7, 11) is 5.63. The Bertz CT molecular complexity index is 435. The van der Waals surface area contributed by atoms with Crippen LogP contribution in [0.4, 0.5) is 5.69 Å². The molecule has 0 bridgehead atoms. The molecule has 0 saturated heterocycles. The van der Waals surface area contributed by atoms with Crippen LogP contribution < -0.4 is 9.64 Å². The summed E-state index contributed by atoms with van der Waals surface area (Å²) in [4.78, 5) is 15.2. The number of methoxy groups -OCH3 is 1. The lowest BCUT2D eigenvalue weighted by Gasteiger charge is -2.29. The molecule has 5 nitrogen and oxygen atoms in total. The third-order valence-corrected chi connectivity index (χ3v) is 3.16. The quantitative estimate of drug-likeness (QED) is 0.786. The molecule has 1 unspecified atom stereocenters. The number of rotatable bonds is 8. The SMILES string of the molecule is COc1ccccc1N(CCN(C)C)CC(C)C(=O)O. The molecule has 1 aromatic rings. The molecule has 0 amide bonds. The van der Waals surface area contributed by atoms with Crippen LogP contribution in [-0.4, -0.2) is 56.8 Å². The molecule has 0 saturated carbocycles. The van der Waals surface area contributed by atoms with Crippen LogP contribution in [0.15, 0.2) is 24.3 Å². The molecular formula is C15H24N2O3. The number of ether oxygens (including phenoxy) is 1. The van der Waals surface area contributed by atoms with Gasteiger partial charge in [0, 0.05) is 19.6 Å². The maximum atomic E-state index is 11.1. The van der Waals surface area contributed by atoms with E-state index in [-0.39, 0.29) is 0 Å². The molecule has 0 aliphatic heterocycles. The summed E-state index contributed by atoms with van der Waals surface area (Å²) in [6, 6.07) is 7.70. The largest absolute Gasteiger partial charge is 0.495 e. The van der Waals surface area contributed by atoms with Crippen molar-refractivity contribution in [2.75, 3.05) is 45.7 Å². The first-order valence-corrected chi connectivity index (χ1v) is 6.71. The van der Waals surface area contributed by atoms with Crippen molar-refractivity contribution >= 4 is 11.7 Å². The minimum atomic E-state index is -0.783. The average Bonchev–Trinajstić information content (AvgIpc) is 2.42. The van der Waals surface area contributed by atoms with E-state index >= 15 is 0 Å². The van der Waals surface area contributed by atoms with Crippen LogP contribution in [-0.2, 0) is 4.79 Å². The van der Waals surface area contributed by atoms with Crippen LogP contribution in [0.3, 0.4) is 0 Å². The molecule has 112 valence electrons. The lowest BCUT2D eigenvalue weighted by atomic mass is 10.1. The van der Waals surface area contributed by atoms with E-state index in [4.69, 9.17) is 9.84 Å². The molecule has 0 heterocycles. The summed E-state index contributed by atoms with van der Waals surface area (Å²) >= 11 is 0. The van der Waals surface area contributed by atoms with E-state index in [0.717, 1.165) is 24.5 Å². The minimum absolute atomic E-state index is 0.429. The number of carboxylic acid groups (broad SMARTS) is 1. The van der Waals surface area contributed by atoms with E-state index < -0.39 is 11.9 Å². The molecule has 1 atom stereocenters. The molecule has 20 heavy (non-hydrogen) atoms. The molecule has 0 spiro atoms. The fourth-order valence-corrected chi connectivity index (χ4v) is 1.93. The second-order valence-corrected chi connectivity index (χ2v) is 5.16. The van der Waals surface area contributed by atoms with Gasteiger partial charge in [0.1, 0.15) is 5.75 Å². The van der Waals surface area contributed by atoms with Crippen molar-refractivity contribution in [3.05, 3.63) is 24.3 Å². The van der Waals surface area contributed by atoms with Crippen molar-refractivity contribution in [2.24, 2.45) is 5.92 Å². The lowest BCUT2D eigenvalue weighted by Crippen LogP contribution is -2.37. The van der Waals surface area contributed by atoms with Gasteiger partial charge in [-0.3, -0.25) is 4.79 Å². The number of nitrogens with zero attached hydrogens (tertiary/aromatic N) is 2. The third-order valence-electron chi connectivity index (χ3n) is 3.16. The maximum Gasteiger partial charge on any atom is 0.308 e. The van der Waals surface area contributed by atoms with Crippen LogP contribution in [0.2, 0.25) is 0 Å². The van der Waals surface area contributed by atoms with Crippen LogP contribution in [0.5, 0.6) is 5.75 Å². The predicted molar refractivity (Wildman–Crippen MR) is 80.6 cm³/mol. The normalized spacial score (nSPS) is 12.2. The Morgan fingerprint density at radius 1 is 1.30 bits per heavy atom. The zero-order valence-electron chi connectivity index (χ0n) is 12.7. The van der Waals surface area contributed by atoms with E-state index in [2.05, 4.69) is 9.80 Å². The van der Waals surface area contributed by atoms with Gasteiger partial charge in [-0.25, -0.2) is 0 Å². The first kappa shape index (κ1) is 16.3. The molecule has 5 heteroatoms. The standard InChI is InChI=1S/C15H24N2O3/c1-12(15(18)19)11-17(10-9-16(2)3)13-7-5-6-8-14(13)20-4/h5-8,12H,9-11H2,1-4H3,(H,18,19). The van der Waals surface area contributed by atoms with E-state index in [1.165, 1.54) is 0 Å². The van der Waals surface area contributed by atoms with Gasteiger partial charge in [-0.2, -0.15) is 0 Å². The molecular weight excluding hydrogens is 256 g/mol. The van der Waals surface area contributed by atoms with E-state index in [1.54, 1.807) is 14.0 Å². The highest BCUT2D eigenvalue weighted by Gasteiger charge is 2.18. The van der Waals surface area contributed by atoms with Gasteiger partial charge in [-0.05, 0) is 26.2 Å². The van der Waals surface area contributed by atoms with Gasteiger partial charge in [-0.15, -0.1) is 0 Å². The van der Waals surface area contributed by atoms with E-state index in [0.29, 0.717) is 6.54 Å². The van der Waals surface area contributed by atoms with Crippen LogP contribution in [0.1, 0.15) is 6.92 Å². The van der Waals surface area contributed by atoms with Gasteiger partial charge in [0.2, 0.25) is 0 Å². The van der Waals surface area contributed by atoms with Crippen LogP contribution >= 0.6 is 0 Å². The van der Waals surface area contributed by atoms with Gasteiger partial charge in [-0.1, -0.05) is 19.1 Å². The number of hydrogen-bond acceptors (Lipinski definition) is 4. The summed E-state index contributed by atoms with van der Waals surface area (Å²) in [6.45, 7) is 3.79. The Hall–Kier alpha value is -1.75. The predicted octanol–water partition coefficient (Wildman–Crippen LogP) is 1.78. The summed E-state index contributed by atoms with van der Waals surface area (Å²) in [6.07, 6.45) is 0. The molecule has 0 fully saturated rings. The van der Waals surface area contributed by atoms with Crippen molar-refractivity contribution in [1.82, 2.24) is 4.90 Å². The highest BCUT2D eigenvalue weighted by Crippen LogP contribution is 2.28. The van der Waals surface area contributed by atoms with Crippen molar-refractivity contribution in [3.8, 4) is 5.75 Å². The third kappa shape index (κ3) is 4.74. The monoisotopic (exact) mass is 280 g/mol. The Kier molecular flexibility index (Phi) is 6.31. The Labute approximate surface area is 120 Å². The smallest absolute Gasteiger partial charge is 0.308 e. The van der Waals surface area contributed by atoms with Gasteiger partial charge in [0.05, 0.1) is 18.7 Å². The fraction of sp³-hybridized carbons (Fsp3) is 0.533. The molecule has 0 aliphatic carbocycles. The van der Waals surface area contributed by atoms with Crippen molar-refractivity contribution < 1.29 is 14.6 Å². The number of benzene rings is 1. The van der Waals surface area contributed by atoms with Gasteiger partial charge < -0.3 is 19.6 Å². The highest BCUT2D eigenvalue weighted by atomic mass is 16.5. The average molecular weight is 280 g/mol. The Morgan fingerprint density at radius 2 is 1.95 bits per heavy atom. The Morgan fingerprint density at radius 3 is 2.50 bits per heavy atom. The molecule has 0 aromatic heterocycles. The number of carbonyl (C=O) groups is 1. The highest BCUT2D eigenvalue weighted by molar-refractivity contribution is 5.71. The van der Waals surface area contributed by atoms with Crippen molar-refractivity contribution in [1.29, 1.82) is 0 Å². The summed E-state index contributed by atoms with van der Waals surface area (Å²) in [5.41, 5.74) is 0.935. The summed E-state index contributed by atoms with van der Waals surface area (Å²) in [5.74, 6) is -0.444. The number of aliphatic carboxylic acids is 1. The van der Waals surface area contributed by atoms with Gasteiger partial charge in [0.15, 0.2) is 0 Å². The molecule has 0 radical (unpaired) electrons. The second kappa shape index (κ2) is 7.75. The summed E-state index contributed by atoms with van der Waals surface area (Å²) in [5, 5.41) is 9.11. The molecule has 1 rings (SSSR count). The number of carboxylic acids is 1. The molecule has 0 aliphatic rings. The van der Waals surface area contributed by atoms with Crippen LogP contribution in [0, 0.1) is 5.92 Å². The Balaban J connectivity index is 2.93. The zero-order valence-corrected chi connectivity index (χ0v) is 12.7. The second-order valence-electron chi connectivity index (χ2n) is 5.16. The fourth-order valence-electron chi connectivity index (χ4n) is 1.93. The van der Waals surface area contributed by atoms with Crippen molar-refractivity contribution in [2.45, 2.75) is 6.92 Å². The van der Waals surface area contributed by atoms with E-state index in [1.807, 2.05) is 38.4 Å². The number of likely N-dealkylation sites (N-methyl/N-ethyl adjacent to an activating group) is 1. The lowest BCUT2D eigenvalue weighted by molar-refractivity contribution is -0.140. The zero-order chi connectivity index (χ0) is 15.1. The summed E-state index contributed by atoms with van der Waals surface area (Å²) < 4.78 is 5.37. The topological polar surface area (TPSA) is 53.0 Å². The first-order valence-electron chi connectivity index (χ1n) is 6.71. The van der Waals surface area contributed by atoms with Crippen molar-refractivity contribution in [3.63, 3.8) is 0 Å². The molecule has 1 aromatic carbocycles. The van der Waals surface area contributed by atoms with Crippen LogP contribution in [0.25, 0.3) is 0 Å². The van der Waals surface area contributed by atoms with Gasteiger partial charge in [0.25, 0.3) is 0 Å². The van der Waals surface area contributed by atoms with E-state index in [9.17, 15) is 4.79 Å². The minimum Gasteiger partial charge on any atom is -0.495 e. The number of hydrogen-bond donors (Lipinski definition) is 1. The number of anilines is 1. The van der Waals surface area contributed by atoms with Gasteiger partial charge >= 0.3 is 5.97 Å². The molecule has 1 N–H and O–H groups in total.